The summed E-state index contributed by atoms with van der Waals surface area (Å²) < 4.78 is 12.3. The molecule has 0 heterocycles. The summed E-state index contributed by atoms with van der Waals surface area (Å²) in [7, 11) is 0. The molecule has 0 fully saturated rings. The molecule has 0 saturated heterocycles. The third-order valence-electron chi connectivity index (χ3n) is 0.957. The van der Waals surface area contributed by atoms with Crippen LogP contribution in [0.2, 0.25) is 0 Å². The normalized spacial score (nSPS) is 9.56. The van der Waals surface area contributed by atoms with Crippen molar-refractivity contribution in [1.82, 2.24) is 0 Å². The molecule has 0 aliphatic heterocycles. The van der Waals surface area contributed by atoms with Gasteiger partial charge in [-0.3, -0.25) is 0 Å². The van der Waals surface area contributed by atoms with Crippen molar-refractivity contribution in [2.45, 2.75) is 4.90 Å². The number of thioether (sulfide) groups is 1. The first-order chi connectivity index (χ1) is 4.33. The second-order valence-corrected chi connectivity index (χ2v) is 2.42. The third kappa shape index (κ3) is 1.72. The molecular weight excluding hydrogens is 135 g/mol. The molecule has 0 aliphatic carbocycles. The van der Waals surface area contributed by atoms with E-state index in [2.05, 4.69) is 6.07 Å². The van der Waals surface area contributed by atoms with E-state index in [9.17, 15) is 4.39 Å². The lowest BCUT2D eigenvalue weighted by molar-refractivity contribution is 0.624. The van der Waals surface area contributed by atoms with Crippen molar-refractivity contribution in [3.63, 3.8) is 0 Å². The highest BCUT2D eigenvalue weighted by Gasteiger charge is 1.90. The van der Waals surface area contributed by atoms with E-state index in [1.165, 1.54) is 23.9 Å². The number of benzene rings is 1. The van der Waals surface area contributed by atoms with Crippen LogP contribution in [0, 0.1) is 11.9 Å². The van der Waals surface area contributed by atoms with Gasteiger partial charge in [0, 0.05) is 4.90 Å². The number of rotatable bonds is 1. The summed E-state index contributed by atoms with van der Waals surface area (Å²) in [5, 5.41) is 0. The molecule has 1 aromatic carbocycles. The Labute approximate surface area is 58.1 Å². The first kappa shape index (κ1) is 6.62. The molecule has 0 unspecified atom stereocenters. The van der Waals surface area contributed by atoms with Gasteiger partial charge in [-0.25, -0.2) is 4.39 Å². The molecule has 2 heteroatoms. The molecule has 0 spiro atoms. The zero-order chi connectivity index (χ0) is 6.69. The Morgan fingerprint density at radius 2 is 2.44 bits per heavy atom. The molecule has 9 heavy (non-hydrogen) atoms. The highest BCUT2D eigenvalue weighted by atomic mass is 32.2. The molecule has 0 amide bonds. The van der Waals surface area contributed by atoms with Crippen LogP contribution in [0.25, 0.3) is 0 Å². The fourth-order valence-corrected chi connectivity index (χ4v) is 0.953. The summed E-state index contributed by atoms with van der Waals surface area (Å²) in [5.74, 6) is -0.196. The average Bonchev–Trinajstić information content (AvgIpc) is 1.88. The van der Waals surface area contributed by atoms with Crippen LogP contribution in [0.3, 0.4) is 0 Å². The Bertz CT molecular complexity index is 198. The lowest BCUT2D eigenvalue weighted by Crippen LogP contribution is -1.72. The highest BCUT2D eigenvalue weighted by molar-refractivity contribution is 7.98. The average molecular weight is 141 g/mol. The molecule has 1 rings (SSSR count). The number of hydrogen-bond acceptors (Lipinski definition) is 1. The van der Waals surface area contributed by atoms with Crippen molar-refractivity contribution < 1.29 is 4.39 Å². The van der Waals surface area contributed by atoms with Gasteiger partial charge in [0.2, 0.25) is 0 Å². The number of halogens is 1. The fourth-order valence-electron chi connectivity index (χ4n) is 0.536. The van der Waals surface area contributed by atoms with Crippen LogP contribution in [-0.2, 0) is 0 Å². The maximum Gasteiger partial charge on any atom is 0.124 e. The van der Waals surface area contributed by atoms with Crippen molar-refractivity contribution in [1.29, 1.82) is 0 Å². The fraction of sp³-hybridized carbons (Fsp3) is 0.143. The van der Waals surface area contributed by atoms with Gasteiger partial charge in [-0.05, 0) is 24.5 Å². The third-order valence-corrected chi connectivity index (χ3v) is 1.63. The standard InChI is InChI=1S/C7H6FS/c1-9-7-4-2-3-6(8)5-7/h2-3,5H,1H3. The maximum atomic E-state index is 12.3. The Balaban J connectivity index is 2.94. The van der Waals surface area contributed by atoms with E-state index in [0.29, 0.717) is 0 Å². The van der Waals surface area contributed by atoms with Crippen LogP contribution >= 0.6 is 11.8 Å². The van der Waals surface area contributed by atoms with Crippen molar-refractivity contribution >= 4 is 11.8 Å². The molecule has 0 saturated carbocycles. The molecule has 0 N–H and O–H groups in total. The SMILES string of the molecule is CSc1[c]ccc(F)c1. The lowest BCUT2D eigenvalue weighted by atomic mass is 10.4. The van der Waals surface area contributed by atoms with Gasteiger partial charge in [-0.15, -0.1) is 11.8 Å². The van der Waals surface area contributed by atoms with Crippen molar-refractivity contribution in [2.24, 2.45) is 0 Å². The van der Waals surface area contributed by atoms with Crippen LogP contribution < -0.4 is 0 Å². The van der Waals surface area contributed by atoms with Crippen molar-refractivity contribution in [3.05, 3.63) is 30.1 Å². The summed E-state index contributed by atoms with van der Waals surface area (Å²) in [6.45, 7) is 0. The largest absolute Gasteiger partial charge is 0.207 e. The van der Waals surface area contributed by atoms with E-state index in [0.717, 1.165) is 4.90 Å². The minimum atomic E-state index is -0.196. The molecule has 0 aromatic heterocycles. The predicted molar refractivity (Wildman–Crippen MR) is 37.0 cm³/mol. The van der Waals surface area contributed by atoms with Gasteiger partial charge >= 0.3 is 0 Å². The first-order valence-electron chi connectivity index (χ1n) is 2.54. The monoisotopic (exact) mass is 141 g/mol. The van der Waals surface area contributed by atoms with Gasteiger partial charge in [-0.1, -0.05) is 6.07 Å². The summed E-state index contributed by atoms with van der Waals surface area (Å²) >= 11 is 1.49. The van der Waals surface area contributed by atoms with E-state index in [4.69, 9.17) is 0 Å². The molecule has 0 atom stereocenters. The van der Waals surface area contributed by atoms with Crippen LogP contribution in [-0.4, -0.2) is 6.26 Å². The Morgan fingerprint density at radius 1 is 1.67 bits per heavy atom. The summed E-state index contributed by atoms with van der Waals surface area (Å²) in [6.07, 6.45) is 1.89. The first-order valence-corrected chi connectivity index (χ1v) is 3.76. The zero-order valence-electron chi connectivity index (χ0n) is 5.02. The molecule has 1 aromatic rings. The van der Waals surface area contributed by atoms with E-state index < -0.39 is 0 Å². The van der Waals surface area contributed by atoms with Crippen molar-refractivity contribution in [2.75, 3.05) is 6.26 Å². The Morgan fingerprint density at radius 3 is 2.89 bits per heavy atom. The topological polar surface area (TPSA) is 0 Å². The van der Waals surface area contributed by atoms with Gasteiger partial charge < -0.3 is 0 Å². The molecule has 47 valence electrons. The second kappa shape index (κ2) is 2.87. The van der Waals surface area contributed by atoms with E-state index >= 15 is 0 Å². The van der Waals surface area contributed by atoms with E-state index in [-0.39, 0.29) is 5.82 Å². The Hall–Kier alpha value is -0.500. The van der Waals surface area contributed by atoms with Gasteiger partial charge in [0.15, 0.2) is 0 Å². The molecule has 0 aliphatic rings. The van der Waals surface area contributed by atoms with Crippen molar-refractivity contribution in [3.8, 4) is 0 Å². The van der Waals surface area contributed by atoms with Crippen LogP contribution in [0.1, 0.15) is 0 Å². The quantitative estimate of drug-likeness (QED) is 0.541. The minimum absolute atomic E-state index is 0.196. The second-order valence-electron chi connectivity index (χ2n) is 1.58. The molecule has 0 nitrogen and oxygen atoms in total. The highest BCUT2D eigenvalue weighted by Crippen LogP contribution is 2.13. The minimum Gasteiger partial charge on any atom is -0.207 e. The van der Waals surface area contributed by atoms with Crippen LogP contribution in [0.5, 0.6) is 0 Å². The van der Waals surface area contributed by atoms with E-state index in [1.54, 1.807) is 6.07 Å². The molecule has 1 radical (unpaired) electrons. The Kier molecular flexibility index (Phi) is 2.11. The summed E-state index contributed by atoms with van der Waals surface area (Å²) in [4.78, 5) is 0.843. The number of hydrogen-bond donors (Lipinski definition) is 0. The smallest absolute Gasteiger partial charge is 0.124 e. The van der Waals surface area contributed by atoms with E-state index in [1.807, 2.05) is 6.26 Å². The molecular formula is C7H6FS. The lowest BCUT2D eigenvalue weighted by Gasteiger charge is -1.91. The van der Waals surface area contributed by atoms with Gasteiger partial charge in [0.05, 0.1) is 0 Å². The van der Waals surface area contributed by atoms with Gasteiger partial charge in [0.1, 0.15) is 5.82 Å². The van der Waals surface area contributed by atoms with Crippen LogP contribution in [0.15, 0.2) is 23.1 Å². The summed E-state index contributed by atoms with van der Waals surface area (Å²) in [5.41, 5.74) is 0. The van der Waals surface area contributed by atoms with Crippen LogP contribution in [0.4, 0.5) is 4.39 Å². The zero-order valence-corrected chi connectivity index (χ0v) is 5.83. The molecule has 0 bridgehead atoms. The maximum absolute atomic E-state index is 12.3. The van der Waals surface area contributed by atoms with Gasteiger partial charge in [-0.2, -0.15) is 0 Å². The van der Waals surface area contributed by atoms with Gasteiger partial charge in [0.25, 0.3) is 0 Å². The predicted octanol–water partition coefficient (Wildman–Crippen LogP) is 2.35. The summed E-state index contributed by atoms with van der Waals surface area (Å²) in [6, 6.07) is 7.32.